The molecule has 1 aliphatic rings. The lowest BCUT2D eigenvalue weighted by atomic mass is 10.1. The molecule has 1 aliphatic carbocycles. The second-order valence-corrected chi connectivity index (χ2v) is 2.18. The van der Waals surface area contributed by atoms with Crippen molar-refractivity contribution in [1.29, 1.82) is 0 Å². The Labute approximate surface area is 65.9 Å². The van der Waals surface area contributed by atoms with Crippen molar-refractivity contribution < 1.29 is 9.13 Å². The first-order valence-electron chi connectivity index (χ1n) is 3.43. The van der Waals surface area contributed by atoms with E-state index >= 15 is 0 Å². The molecule has 1 nitrogen and oxygen atoms in total. The molecule has 0 unspecified atom stereocenters. The molecule has 0 aromatic rings. The maximum atomic E-state index is 12.8. The predicted octanol–water partition coefficient (Wildman–Crippen LogP) is 2.53. The van der Waals surface area contributed by atoms with Crippen molar-refractivity contribution in [3.63, 3.8) is 0 Å². The molecule has 2 heteroatoms. The highest BCUT2D eigenvalue weighted by molar-refractivity contribution is 5.39. The minimum atomic E-state index is -0.180. The minimum absolute atomic E-state index is 0.180. The molecule has 0 spiro atoms. The molecule has 0 aromatic carbocycles. The molecule has 0 fully saturated rings. The molecule has 59 valence electrons. The van der Waals surface area contributed by atoms with Crippen LogP contribution in [0.15, 0.2) is 35.9 Å². The lowest BCUT2D eigenvalue weighted by Crippen LogP contribution is -1.87. The van der Waals surface area contributed by atoms with E-state index in [0.717, 1.165) is 0 Å². The zero-order valence-electron chi connectivity index (χ0n) is 6.38. The van der Waals surface area contributed by atoms with Crippen LogP contribution in [0.3, 0.4) is 0 Å². The van der Waals surface area contributed by atoms with Crippen molar-refractivity contribution in [2.45, 2.75) is 6.42 Å². The van der Waals surface area contributed by atoms with Crippen molar-refractivity contribution in [2.24, 2.45) is 0 Å². The Hall–Kier alpha value is -1.05. The summed E-state index contributed by atoms with van der Waals surface area (Å²) in [5.74, 6) is -0.180. The highest BCUT2D eigenvalue weighted by atomic mass is 19.1. The molecule has 0 bridgehead atoms. The van der Waals surface area contributed by atoms with Crippen molar-refractivity contribution in [3.8, 4) is 0 Å². The molecular weight excluding hydrogens is 143 g/mol. The number of hydrogen-bond donors (Lipinski definition) is 0. The van der Waals surface area contributed by atoms with Crippen LogP contribution >= 0.6 is 0 Å². The fourth-order valence-corrected chi connectivity index (χ4v) is 0.840. The van der Waals surface area contributed by atoms with Gasteiger partial charge in [0, 0.05) is 5.57 Å². The van der Waals surface area contributed by atoms with Crippen LogP contribution in [0.1, 0.15) is 6.42 Å². The maximum absolute atomic E-state index is 12.8. The van der Waals surface area contributed by atoms with Crippen molar-refractivity contribution in [1.82, 2.24) is 0 Å². The van der Waals surface area contributed by atoms with Gasteiger partial charge in [-0.15, -0.1) is 0 Å². The van der Waals surface area contributed by atoms with E-state index in [0.29, 0.717) is 12.0 Å². The Morgan fingerprint density at radius 1 is 1.64 bits per heavy atom. The van der Waals surface area contributed by atoms with Crippen LogP contribution in [0.4, 0.5) is 4.39 Å². The third-order valence-corrected chi connectivity index (χ3v) is 1.39. The lowest BCUT2D eigenvalue weighted by molar-refractivity contribution is 0.337. The topological polar surface area (TPSA) is 9.23 Å². The molecule has 0 saturated heterocycles. The second kappa shape index (κ2) is 3.96. The largest absolute Gasteiger partial charge is 0.504 e. The second-order valence-electron chi connectivity index (χ2n) is 2.18. The summed E-state index contributed by atoms with van der Waals surface area (Å²) in [6, 6.07) is 0. The average molecular weight is 153 g/mol. The van der Waals surface area contributed by atoms with Crippen molar-refractivity contribution in [2.75, 3.05) is 7.11 Å². The van der Waals surface area contributed by atoms with Gasteiger partial charge in [-0.25, -0.2) is 4.39 Å². The van der Waals surface area contributed by atoms with E-state index in [9.17, 15) is 4.39 Å². The summed E-state index contributed by atoms with van der Waals surface area (Å²) in [7, 11) is 1.53. The predicted molar refractivity (Wildman–Crippen MR) is 42.3 cm³/mol. The van der Waals surface area contributed by atoms with Gasteiger partial charge in [-0.1, -0.05) is 6.08 Å². The normalized spacial score (nSPS) is 18.0. The van der Waals surface area contributed by atoms with Gasteiger partial charge in [0.05, 0.1) is 13.4 Å². The maximum Gasteiger partial charge on any atom is 0.126 e. The van der Waals surface area contributed by atoms with Crippen LogP contribution in [0.2, 0.25) is 0 Å². The Morgan fingerprint density at radius 3 is 3.09 bits per heavy atom. The first-order valence-corrected chi connectivity index (χ1v) is 3.43. The molecule has 0 amide bonds. The Bertz CT molecular complexity index is 214. The van der Waals surface area contributed by atoms with Gasteiger partial charge in [-0.3, -0.25) is 0 Å². The molecule has 11 heavy (non-hydrogen) atoms. The minimum Gasteiger partial charge on any atom is -0.504 e. The number of ether oxygens (including phenoxy) is 1. The first kappa shape index (κ1) is 8.05. The molecular formula is C9H10FO. The molecule has 1 radical (unpaired) electrons. The number of halogens is 1. The Balaban J connectivity index is 2.63. The van der Waals surface area contributed by atoms with E-state index in [2.05, 4.69) is 4.74 Å². The van der Waals surface area contributed by atoms with E-state index in [4.69, 9.17) is 0 Å². The van der Waals surface area contributed by atoms with Gasteiger partial charge in [0.25, 0.3) is 0 Å². The highest BCUT2D eigenvalue weighted by Crippen LogP contribution is 2.19. The standard InChI is InChI=1S/C9H10FO/c1-11-7-6-8-4-2-3-5-9(8)10/h2,4-7H,3H2,1H3/b7-6+. The highest BCUT2D eigenvalue weighted by Gasteiger charge is 2.03. The SMILES string of the molecule is CO/C=C/C1=C[CH]CC=C1F. The monoisotopic (exact) mass is 153 g/mol. The number of rotatable bonds is 2. The lowest BCUT2D eigenvalue weighted by Gasteiger charge is -2.03. The van der Waals surface area contributed by atoms with Crippen LogP contribution in [0.5, 0.6) is 0 Å². The summed E-state index contributed by atoms with van der Waals surface area (Å²) in [6.45, 7) is 0. The molecule has 0 atom stereocenters. The van der Waals surface area contributed by atoms with Crippen LogP contribution in [-0.4, -0.2) is 7.11 Å². The van der Waals surface area contributed by atoms with Crippen molar-refractivity contribution >= 4 is 0 Å². The van der Waals surface area contributed by atoms with Gasteiger partial charge in [0.1, 0.15) is 5.83 Å². The van der Waals surface area contributed by atoms with Crippen LogP contribution in [0, 0.1) is 6.42 Å². The average Bonchev–Trinajstić information content (AvgIpc) is 2.03. The molecule has 0 heterocycles. The van der Waals surface area contributed by atoms with E-state index in [-0.39, 0.29) is 5.83 Å². The molecule has 1 rings (SSSR count). The number of allylic oxidation sites excluding steroid dienone is 5. The van der Waals surface area contributed by atoms with E-state index < -0.39 is 0 Å². The molecule has 0 saturated carbocycles. The van der Waals surface area contributed by atoms with Gasteiger partial charge >= 0.3 is 0 Å². The fraction of sp³-hybridized carbons (Fsp3) is 0.222. The summed E-state index contributed by atoms with van der Waals surface area (Å²) in [4.78, 5) is 0. The number of methoxy groups -OCH3 is 1. The fourth-order valence-electron chi connectivity index (χ4n) is 0.840. The quantitative estimate of drug-likeness (QED) is 0.554. The third kappa shape index (κ3) is 2.22. The third-order valence-electron chi connectivity index (χ3n) is 1.39. The van der Waals surface area contributed by atoms with Crippen LogP contribution in [0.25, 0.3) is 0 Å². The smallest absolute Gasteiger partial charge is 0.126 e. The van der Waals surface area contributed by atoms with Crippen LogP contribution < -0.4 is 0 Å². The van der Waals surface area contributed by atoms with Gasteiger partial charge in [-0.2, -0.15) is 0 Å². The van der Waals surface area contributed by atoms with Crippen molar-refractivity contribution in [3.05, 3.63) is 42.3 Å². The first-order chi connectivity index (χ1) is 5.34. The zero-order valence-corrected chi connectivity index (χ0v) is 6.38. The van der Waals surface area contributed by atoms with E-state index in [1.807, 2.05) is 6.42 Å². The summed E-state index contributed by atoms with van der Waals surface area (Å²) < 4.78 is 17.5. The van der Waals surface area contributed by atoms with Gasteiger partial charge in [0.2, 0.25) is 0 Å². The molecule has 0 aliphatic heterocycles. The molecule has 0 N–H and O–H groups in total. The molecule has 0 aromatic heterocycles. The Kier molecular flexibility index (Phi) is 2.90. The Morgan fingerprint density at radius 2 is 2.45 bits per heavy atom. The van der Waals surface area contributed by atoms with E-state index in [1.54, 1.807) is 12.2 Å². The summed E-state index contributed by atoms with van der Waals surface area (Å²) in [6.07, 6.45) is 8.91. The van der Waals surface area contributed by atoms with Crippen LogP contribution in [-0.2, 0) is 4.74 Å². The van der Waals surface area contributed by atoms with E-state index in [1.165, 1.54) is 19.4 Å². The van der Waals surface area contributed by atoms with Gasteiger partial charge in [0.15, 0.2) is 0 Å². The summed E-state index contributed by atoms with van der Waals surface area (Å²) in [5, 5.41) is 0. The number of hydrogen-bond acceptors (Lipinski definition) is 1. The summed E-state index contributed by atoms with van der Waals surface area (Å²) >= 11 is 0. The zero-order chi connectivity index (χ0) is 8.10. The van der Waals surface area contributed by atoms with Gasteiger partial charge < -0.3 is 4.74 Å². The summed E-state index contributed by atoms with van der Waals surface area (Å²) in [5.41, 5.74) is 0.568. The van der Waals surface area contributed by atoms with Gasteiger partial charge in [-0.05, 0) is 25.0 Å².